The Labute approximate surface area is 156 Å². The molecule has 0 bridgehead atoms. The van der Waals surface area contributed by atoms with Gasteiger partial charge in [-0.1, -0.05) is 48.5 Å². The molecular formula is C21H18N2O4. The number of nitrogens with one attached hydrogen (secondary N) is 1. The number of amides is 1. The number of benzene rings is 2. The monoisotopic (exact) mass is 362 g/mol. The number of hydrogen-bond acceptors (Lipinski definition) is 4. The number of aromatic nitrogens is 1. The van der Waals surface area contributed by atoms with Crippen molar-refractivity contribution < 1.29 is 19.1 Å². The predicted molar refractivity (Wildman–Crippen MR) is 101 cm³/mol. The Bertz CT molecular complexity index is 940. The Balaban J connectivity index is 1.70. The molecule has 3 aromatic rings. The number of hydrogen-bond donors (Lipinski definition) is 1. The molecule has 0 radical (unpaired) electrons. The topological polar surface area (TPSA) is 82.3 Å². The van der Waals surface area contributed by atoms with Crippen LogP contribution in [0.25, 0.3) is 11.1 Å². The van der Waals surface area contributed by atoms with Crippen LogP contribution in [0.2, 0.25) is 0 Å². The number of nitrogens with zero attached hydrogens (tertiary/aromatic N) is 1. The van der Waals surface area contributed by atoms with Gasteiger partial charge in [-0.05, 0) is 18.6 Å². The minimum Gasteiger partial charge on any atom is -0.619 e. The molecule has 27 heavy (non-hydrogen) atoms. The summed E-state index contributed by atoms with van der Waals surface area (Å²) in [7, 11) is 0. The van der Waals surface area contributed by atoms with Gasteiger partial charge in [0.1, 0.15) is 0 Å². The van der Waals surface area contributed by atoms with Crippen LogP contribution in [0.4, 0.5) is 5.69 Å². The summed E-state index contributed by atoms with van der Waals surface area (Å²) in [5.74, 6) is -1.11. The van der Waals surface area contributed by atoms with E-state index in [1.54, 1.807) is 6.07 Å². The van der Waals surface area contributed by atoms with Gasteiger partial charge in [-0.25, -0.2) is 4.79 Å². The third kappa shape index (κ3) is 4.49. The Hall–Kier alpha value is -3.67. The Kier molecular flexibility index (Phi) is 5.47. The van der Waals surface area contributed by atoms with E-state index in [4.69, 9.17) is 4.74 Å². The van der Waals surface area contributed by atoms with Crippen LogP contribution < -0.4 is 10.0 Å². The van der Waals surface area contributed by atoms with Gasteiger partial charge in [0.2, 0.25) is 0 Å². The second-order valence-corrected chi connectivity index (χ2v) is 5.90. The Morgan fingerprint density at radius 2 is 1.59 bits per heavy atom. The fraction of sp³-hybridized carbons (Fsp3) is 0.0952. The average Bonchev–Trinajstić information content (AvgIpc) is 2.69. The van der Waals surface area contributed by atoms with Crippen LogP contribution in [0.15, 0.2) is 79.1 Å². The molecule has 6 heteroatoms. The van der Waals surface area contributed by atoms with Crippen LogP contribution >= 0.6 is 0 Å². The first-order chi connectivity index (χ1) is 13.0. The van der Waals surface area contributed by atoms with Crippen molar-refractivity contribution in [3.63, 3.8) is 0 Å². The smallest absolute Gasteiger partial charge is 0.339 e. The quantitative estimate of drug-likeness (QED) is 0.429. The Morgan fingerprint density at radius 1 is 0.963 bits per heavy atom. The van der Waals surface area contributed by atoms with Crippen LogP contribution in [0.5, 0.6) is 0 Å². The first-order valence-corrected chi connectivity index (χ1v) is 8.40. The van der Waals surface area contributed by atoms with E-state index in [0.717, 1.165) is 11.1 Å². The minimum absolute atomic E-state index is 0.200. The lowest BCUT2D eigenvalue weighted by molar-refractivity contribution is -0.605. The molecule has 0 aliphatic heterocycles. The van der Waals surface area contributed by atoms with Gasteiger partial charge in [0.25, 0.3) is 5.91 Å². The summed E-state index contributed by atoms with van der Waals surface area (Å²) in [6, 6.07) is 19.7. The summed E-state index contributed by atoms with van der Waals surface area (Å²) in [5.41, 5.74) is 2.66. The van der Waals surface area contributed by atoms with Gasteiger partial charge in [0, 0.05) is 23.4 Å². The molecule has 1 amide bonds. The van der Waals surface area contributed by atoms with E-state index in [-0.39, 0.29) is 5.56 Å². The highest BCUT2D eigenvalue weighted by molar-refractivity contribution is 5.99. The maximum Gasteiger partial charge on any atom is 0.339 e. The molecule has 2 aromatic carbocycles. The third-order valence-electron chi connectivity index (χ3n) is 3.96. The second-order valence-electron chi connectivity index (χ2n) is 5.90. The van der Waals surface area contributed by atoms with Gasteiger partial charge in [-0.3, -0.25) is 4.79 Å². The number of carbonyl (C=O) groups excluding carboxylic acids is 2. The van der Waals surface area contributed by atoms with E-state index in [2.05, 4.69) is 5.32 Å². The predicted octanol–water partition coefficient (Wildman–Crippen LogP) is 3.17. The molecule has 0 unspecified atom stereocenters. The molecular weight excluding hydrogens is 344 g/mol. The van der Waals surface area contributed by atoms with Crippen LogP contribution in [0.3, 0.4) is 0 Å². The first-order valence-electron chi connectivity index (χ1n) is 8.40. The lowest BCUT2D eigenvalue weighted by Gasteiger charge is -2.16. The zero-order chi connectivity index (χ0) is 19.2. The highest BCUT2D eigenvalue weighted by Crippen LogP contribution is 2.27. The lowest BCUT2D eigenvalue weighted by Crippen LogP contribution is -2.30. The molecule has 0 spiro atoms. The summed E-state index contributed by atoms with van der Waals surface area (Å²) in [4.78, 5) is 24.6. The fourth-order valence-electron chi connectivity index (χ4n) is 2.53. The van der Waals surface area contributed by atoms with Crippen molar-refractivity contribution in [1.82, 2.24) is 0 Å². The van der Waals surface area contributed by atoms with Crippen molar-refractivity contribution in [2.45, 2.75) is 13.0 Å². The van der Waals surface area contributed by atoms with Crippen LogP contribution in [0.1, 0.15) is 17.3 Å². The van der Waals surface area contributed by atoms with E-state index in [1.807, 2.05) is 48.5 Å². The number of pyridine rings is 1. The number of ether oxygens (including phenoxy) is 1. The van der Waals surface area contributed by atoms with Crippen LogP contribution in [0, 0.1) is 5.21 Å². The maximum atomic E-state index is 12.5. The molecule has 0 aliphatic carbocycles. The van der Waals surface area contributed by atoms with Gasteiger partial charge < -0.3 is 15.3 Å². The van der Waals surface area contributed by atoms with Crippen molar-refractivity contribution in [3.8, 4) is 11.1 Å². The largest absolute Gasteiger partial charge is 0.619 e. The number of esters is 1. The number of anilines is 1. The average molecular weight is 362 g/mol. The molecule has 0 aliphatic rings. The second kappa shape index (κ2) is 8.14. The van der Waals surface area contributed by atoms with E-state index >= 15 is 0 Å². The van der Waals surface area contributed by atoms with E-state index in [9.17, 15) is 14.8 Å². The fourth-order valence-corrected chi connectivity index (χ4v) is 2.53. The van der Waals surface area contributed by atoms with Crippen molar-refractivity contribution in [2.24, 2.45) is 0 Å². The van der Waals surface area contributed by atoms with Gasteiger partial charge in [-0.2, -0.15) is 4.73 Å². The van der Waals surface area contributed by atoms with Crippen LogP contribution in [-0.4, -0.2) is 18.0 Å². The molecule has 1 atom stereocenters. The standard InChI is InChI=1S/C21H18N2O4/c1-15(27-21(25)17-11-13-23(26)14-12-17)20(24)22-19-10-6-5-9-18(19)16-7-3-2-4-8-16/h2-15H,1H3,(H,22,24)/t15-/m1/s1. The summed E-state index contributed by atoms with van der Waals surface area (Å²) in [6.07, 6.45) is 1.38. The van der Waals surface area contributed by atoms with Crippen molar-refractivity contribution in [3.05, 3.63) is 89.9 Å². The Morgan fingerprint density at radius 3 is 2.30 bits per heavy atom. The van der Waals surface area contributed by atoms with E-state index in [1.165, 1.54) is 31.5 Å². The molecule has 0 fully saturated rings. The normalized spacial score (nSPS) is 11.4. The molecule has 136 valence electrons. The van der Waals surface area contributed by atoms with Gasteiger partial charge in [-0.15, -0.1) is 0 Å². The highest BCUT2D eigenvalue weighted by atomic mass is 16.5. The summed E-state index contributed by atoms with van der Waals surface area (Å²) < 4.78 is 5.76. The van der Waals surface area contributed by atoms with Crippen molar-refractivity contribution in [1.29, 1.82) is 0 Å². The molecule has 3 rings (SSSR count). The molecule has 0 saturated heterocycles. The molecule has 1 aromatic heterocycles. The number of rotatable bonds is 5. The SMILES string of the molecule is C[C@@H](OC(=O)c1cc[n+]([O-])cc1)C(=O)Nc1ccccc1-c1ccccc1. The van der Waals surface area contributed by atoms with E-state index in [0.29, 0.717) is 10.4 Å². The van der Waals surface area contributed by atoms with Gasteiger partial charge in [0.05, 0.1) is 5.56 Å². The number of para-hydroxylation sites is 1. The summed E-state index contributed by atoms with van der Waals surface area (Å²) in [5, 5.41) is 13.8. The van der Waals surface area contributed by atoms with Crippen molar-refractivity contribution in [2.75, 3.05) is 5.32 Å². The lowest BCUT2D eigenvalue weighted by atomic mass is 10.0. The van der Waals surface area contributed by atoms with Gasteiger partial charge in [0.15, 0.2) is 18.5 Å². The number of carbonyl (C=O) groups is 2. The summed E-state index contributed by atoms with van der Waals surface area (Å²) >= 11 is 0. The van der Waals surface area contributed by atoms with Crippen LogP contribution in [-0.2, 0) is 9.53 Å². The maximum absolute atomic E-state index is 12.5. The molecule has 6 nitrogen and oxygen atoms in total. The molecule has 1 heterocycles. The van der Waals surface area contributed by atoms with Crippen molar-refractivity contribution >= 4 is 17.6 Å². The third-order valence-corrected chi connectivity index (χ3v) is 3.96. The van der Waals surface area contributed by atoms with E-state index < -0.39 is 18.0 Å². The minimum atomic E-state index is -0.999. The highest BCUT2D eigenvalue weighted by Gasteiger charge is 2.20. The molecule has 1 N–H and O–H groups in total. The zero-order valence-corrected chi connectivity index (χ0v) is 14.7. The zero-order valence-electron chi connectivity index (χ0n) is 14.7. The summed E-state index contributed by atoms with van der Waals surface area (Å²) in [6.45, 7) is 1.50. The molecule has 0 saturated carbocycles. The first kappa shape index (κ1) is 18.1. The van der Waals surface area contributed by atoms with Gasteiger partial charge >= 0.3 is 5.97 Å².